The molecule has 5 nitrogen and oxygen atoms in total. The minimum absolute atomic E-state index is 0.0562. The van der Waals surface area contributed by atoms with Crippen LogP contribution in [0.4, 0.5) is 0 Å². The quantitative estimate of drug-likeness (QED) is 0.528. The Morgan fingerprint density at radius 1 is 1.00 bits per heavy atom. The highest BCUT2D eigenvalue weighted by Crippen LogP contribution is 2.26. The van der Waals surface area contributed by atoms with Gasteiger partial charge in [0.25, 0.3) is 0 Å². The number of nitrogens with zero attached hydrogens (tertiary/aromatic N) is 2. The van der Waals surface area contributed by atoms with Crippen LogP contribution in [-0.2, 0) is 11.3 Å². The van der Waals surface area contributed by atoms with Crippen molar-refractivity contribution >= 4 is 16.9 Å². The average Bonchev–Trinajstić information content (AvgIpc) is 3.12. The Kier molecular flexibility index (Phi) is 5.29. The van der Waals surface area contributed by atoms with Gasteiger partial charge in [-0.2, -0.15) is 0 Å². The van der Waals surface area contributed by atoms with Crippen LogP contribution in [0, 0.1) is 0 Å². The van der Waals surface area contributed by atoms with E-state index in [1.165, 1.54) is 0 Å². The fourth-order valence-electron chi connectivity index (χ4n) is 3.45. The Balaban J connectivity index is 1.64. The standard InChI is InChI=1S/C24H23N3O2/c1-17(18-8-4-3-5-9-18)25-23(28)16-27-22-11-7-6-10-21(22)26-24(27)19-12-14-20(29-2)15-13-19/h3-15,17H,16H2,1-2H3,(H,25,28). The van der Waals surface area contributed by atoms with Gasteiger partial charge >= 0.3 is 0 Å². The molecule has 0 aliphatic heterocycles. The number of fused-ring (bicyclic) bond motifs is 1. The molecule has 4 aromatic rings. The lowest BCUT2D eigenvalue weighted by atomic mass is 10.1. The maximum Gasteiger partial charge on any atom is 0.240 e. The van der Waals surface area contributed by atoms with Crippen molar-refractivity contribution in [2.75, 3.05) is 7.11 Å². The van der Waals surface area contributed by atoms with E-state index in [9.17, 15) is 4.79 Å². The summed E-state index contributed by atoms with van der Waals surface area (Å²) in [5.41, 5.74) is 3.81. The van der Waals surface area contributed by atoms with Gasteiger partial charge in [0.2, 0.25) is 5.91 Å². The zero-order chi connectivity index (χ0) is 20.2. The van der Waals surface area contributed by atoms with Crippen LogP contribution in [0.5, 0.6) is 5.75 Å². The summed E-state index contributed by atoms with van der Waals surface area (Å²) >= 11 is 0. The van der Waals surface area contributed by atoms with Gasteiger partial charge in [0, 0.05) is 5.56 Å². The molecule has 0 bridgehead atoms. The monoisotopic (exact) mass is 385 g/mol. The predicted octanol–water partition coefficient (Wildman–Crippen LogP) is 4.59. The first-order valence-corrected chi connectivity index (χ1v) is 9.59. The number of ether oxygens (including phenoxy) is 1. The number of amides is 1. The SMILES string of the molecule is COc1ccc(-c2nc3ccccc3n2CC(=O)NC(C)c2ccccc2)cc1. The summed E-state index contributed by atoms with van der Waals surface area (Å²) in [6.45, 7) is 2.18. The van der Waals surface area contributed by atoms with Gasteiger partial charge in [-0.25, -0.2) is 4.98 Å². The molecule has 0 fully saturated rings. The highest BCUT2D eigenvalue weighted by Gasteiger charge is 2.16. The minimum atomic E-state index is -0.0667. The first-order valence-electron chi connectivity index (χ1n) is 9.59. The lowest BCUT2D eigenvalue weighted by molar-refractivity contribution is -0.122. The minimum Gasteiger partial charge on any atom is -0.497 e. The third kappa shape index (κ3) is 3.99. The second-order valence-corrected chi connectivity index (χ2v) is 6.94. The van der Waals surface area contributed by atoms with Crippen LogP contribution in [0.15, 0.2) is 78.9 Å². The Morgan fingerprint density at radius 2 is 1.69 bits per heavy atom. The van der Waals surface area contributed by atoms with Gasteiger partial charge in [0.05, 0.1) is 24.2 Å². The number of imidazole rings is 1. The maximum atomic E-state index is 12.8. The molecule has 5 heteroatoms. The highest BCUT2D eigenvalue weighted by atomic mass is 16.5. The average molecular weight is 385 g/mol. The summed E-state index contributed by atoms with van der Waals surface area (Å²) in [7, 11) is 1.64. The third-order valence-corrected chi connectivity index (χ3v) is 4.98. The molecule has 0 saturated heterocycles. The van der Waals surface area contributed by atoms with E-state index in [4.69, 9.17) is 9.72 Å². The molecule has 1 heterocycles. The fourth-order valence-corrected chi connectivity index (χ4v) is 3.45. The van der Waals surface area contributed by atoms with Gasteiger partial charge in [-0.1, -0.05) is 42.5 Å². The maximum absolute atomic E-state index is 12.8. The van der Waals surface area contributed by atoms with Crippen molar-refractivity contribution in [3.8, 4) is 17.1 Å². The van der Waals surface area contributed by atoms with Gasteiger partial charge < -0.3 is 14.6 Å². The Labute approximate surface area is 170 Å². The first-order chi connectivity index (χ1) is 14.2. The van der Waals surface area contributed by atoms with E-state index in [2.05, 4.69) is 5.32 Å². The molecule has 0 saturated carbocycles. The van der Waals surface area contributed by atoms with E-state index in [-0.39, 0.29) is 18.5 Å². The third-order valence-electron chi connectivity index (χ3n) is 4.98. The van der Waals surface area contributed by atoms with Crippen LogP contribution in [-0.4, -0.2) is 22.6 Å². The molecular formula is C24H23N3O2. The smallest absolute Gasteiger partial charge is 0.240 e. The summed E-state index contributed by atoms with van der Waals surface area (Å²) in [5, 5.41) is 3.09. The number of aromatic nitrogens is 2. The van der Waals surface area contributed by atoms with Gasteiger partial charge in [0.1, 0.15) is 18.1 Å². The molecule has 1 atom stereocenters. The number of para-hydroxylation sites is 2. The number of methoxy groups -OCH3 is 1. The summed E-state index contributed by atoms with van der Waals surface area (Å²) in [5.74, 6) is 1.49. The molecule has 1 N–H and O–H groups in total. The Hall–Kier alpha value is -3.60. The van der Waals surface area contributed by atoms with Crippen molar-refractivity contribution < 1.29 is 9.53 Å². The number of hydrogen-bond acceptors (Lipinski definition) is 3. The zero-order valence-electron chi connectivity index (χ0n) is 16.5. The van der Waals surface area contributed by atoms with Crippen LogP contribution in [0.3, 0.4) is 0 Å². The van der Waals surface area contributed by atoms with E-state index < -0.39 is 0 Å². The molecule has 4 rings (SSSR count). The molecule has 1 amide bonds. The van der Waals surface area contributed by atoms with Crippen LogP contribution in [0.25, 0.3) is 22.4 Å². The van der Waals surface area contributed by atoms with Crippen molar-refractivity contribution in [2.45, 2.75) is 19.5 Å². The first kappa shape index (κ1) is 18.7. The lowest BCUT2D eigenvalue weighted by Crippen LogP contribution is -2.30. The number of rotatable bonds is 6. The molecule has 1 aromatic heterocycles. The molecular weight excluding hydrogens is 362 g/mol. The summed E-state index contributed by atoms with van der Waals surface area (Å²) in [6.07, 6.45) is 0. The lowest BCUT2D eigenvalue weighted by Gasteiger charge is -2.16. The molecule has 0 aliphatic carbocycles. The van der Waals surface area contributed by atoms with Gasteiger partial charge in [0.15, 0.2) is 0 Å². The second kappa shape index (κ2) is 8.19. The van der Waals surface area contributed by atoms with E-state index in [0.29, 0.717) is 0 Å². The van der Waals surface area contributed by atoms with Crippen LogP contribution in [0.2, 0.25) is 0 Å². The number of hydrogen-bond donors (Lipinski definition) is 1. The van der Waals surface area contributed by atoms with Crippen molar-refractivity contribution in [1.82, 2.24) is 14.9 Å². The molecule has 3 aromatic carbocycles. The predicted molar refractivity (Wildman–Crippen MR) is 115 cm³/mol. The van der Waals surface area contributed by atoms with E-state index in [1.807, 2.05) is 90.4 Å². The number of carbonyl (C=O) groups excluding carboxylic acids is 1. The normalized spacial score (nSPS) is 11.9. The highest BCUT2D eigenvalue weighted by molar-refractivity contribution is 5.84. The van der Waals surface area contributed by atoms with Crippen LogP contribution < -0.4 is 10.1 Å². The van der Waals surface area contributed by atoms with Crippen molar-refractivity contribution in [2.24, 2.45) is 0 Å². The number of carbonyl (C=O) groups is 1. The molecule has 0 aliphatic rings. The zero-order valence-corrected chi connectivity index (χ0v) is 16.5. The Morgan fingerprint density at radius 3 is 2.41 bits per heavy atom. The van der Waals surface area contributed by atoms with Gasteiger partial charge in [-0.05, 0) is 48.9 Å². The molecule has 0 spiro atoms. The summed E-state index contributed by atoms with van der Waals surface area (Å²) in [4.78, 5) is 17.6. The van der Waals surface area contributed by atoms with Crippen molar-refractivity contribution in [3.05, 3.63) is 84.4 Å². The molecule has 1 unspecified atom stereocenters. The number of benzene rings is 3. The van der Waals surface area contributed by atoms with Crippen molar-refractivity contribution in [3.63, 3.8) is 0 Å². The summed E-state index contributed by atoms with van der Waals surface area (Å²) in [6, 6.07) is 25.5. The topological polar surface area (TPSA) is 56.2 Å². The van der Waals surface area contributed by atoms with Crippen LogP contribution in [0.1, 0.15) is 18.5 Å². The Bertz CT molecular complexity index is 1120. The van der Waals surface area contributed by atoms with Gasteiger partial charge in [-0.15, -0.1) is 0 Å². The molecule has 0 radical (unpaired) electrons. The summed E-state index contributed by atoms with van der Waals surface area (Å²) < 4.78 is 7.22. The second-order valence-electron chi connectivity index (χ2n) is 6.94. The molecule has 146 valence electrons. The van der Waals surface area contributed by atoms with E-state index in [1.54, 1.807) is 7.11 Å². The van der Waals surface area contributed by atoms with Crippen LogP contribution >= 0.6 is 0 Å². The van der Waals surface area contributed by atoms with Crippen molar-refractivity contribution in [1.29, 1.82) is 0 Å². The fraction of sp³-hybridized carbons (Fsp3) is 0.167. The van der Waals surface area contributed by atoms with Gasteiger partial charge in [-0.3, -0.25) is 4.79 Å². The van der Waals surface area contributed by atoms with E-state index >= 15 is 0 Å². The van der Waals surface area contributed by atoms with E-state index in [0.717, 1.165) is 33.7 Å². The number of nitrogens with one attached hydrogen (secondary N) is 1. The molecule has 29 heavy (non-hydrogen) atoms. The largest absolute Gasteiger partial charge is 0.497 e.